The van der Waals surface area contributed by atoms with E-state index in [0.717, 1.165) is 18.5 Å². The Hall–Kier alpha value is -2.62. The highest BCUT2D eigenvalue weighted by atomic mass is 16.2. The lowest BCUT2D eigenvalue weighted by atomic mass is 10.0. The van der Waals surface area contributed by atoms with Gasteiger partial charge in [0.15, 0.2) is 0 Å². The van der Waals surface area contributed by atoms with Crippen LogP contribution in [0.5, 0.6) is 0 Å². The first kappa shape index (κ1) is 34.6. The molecule has 4 nitrogen and oxygen atoms in total. The second-order valence-electron chi connectivity index (χ2n) is 11.6. The maximum atomic E-state index is 13.1. The van der Waals surface area contributed by atoms with Gasteiger partial charge < -0.3 is 10.2 Å². The van der Waals surface area contributed by atoms with E-state index in [2.05, 4.69) is 12.2 Å². The van der Waals surface area contributed by atoms with Crippen LogP contribution < -0.4 is 10.2 Å². The second-order valence-corrected chi connectivity index (χ2v) is 11.6. The summed E-state index contributed by atoms with van der Waals surface area (Å²) in [6.07, 6.45) is 26.1. The van der Waals surface area contributed by atoms with Crippen LogP contribution in [0.4, 0.5) is 11.4 Å². The molecule has 0 saturated carbocycles. The van der Waals surface area contributed by atoms with E-state index in [1.54, 1.807) is 11.0 Å². The Kier molecular flexibility index (Phi) is 19.4. The molecule has 0 heterocycles. The summed E-state index contributed by atoms with van der Waals surface area (Å²) in [5, 5.41) is 2.98. The van der Waals surface area contributed by atoms with E-state index in [9.17, 15) is 9.59 Å². The van der Waals surface area contributed by atoms with Crippen LogP contribution in [0.25, 0.3) is 0 Å². The number of rotatable bonds is 24. The van der Waals surface area contributed by atoms with E-state index in [1.165, 1.54) is 109 Å². The molecule has 2 rings (SSSR count). The summed E-state index contributed by atoms with van der Waals surface area (Å²) in [5.74, 6) is -0.0365. The van der Waals surface area contributed by atoms with Crippen molar-refractivity contribution in [3.8, 4) is 0 Å². The number of hydrogen-bond donors (Lipinski definition) is 1. The van der Waals surface area contributed by atoms with E-state index < -0.39 is 0 Å². The van der Waals surface area contributed by atoms with Crippen molar-refractivity contribution >= 4 is 23.2 Å². The van der Waals surface area contributed by atoms with Gasteiger partial charge in [-0.3, -0.25) is 9.59 Å². The van der Waals surface area contributed by atoms with Crippen LogP contribution in [-0.4, -0.2) is 18.4 Å². The monoisotopic (exact) mass is 562 g/mol. The van der Waals surface area contributed by atoms with E-state index in [0.29, 0.717) is 24.2 Å². The molecule has 0 aromatic heterocycles. The fraction of sp³-hybridized carbons (Fsp3) is 0.622. The molecule has 1 N–H and O–H groups in total. The molecule has 2 amide bonds. The summed E-state index contributed by atoms with van der Waals surface area (Å²) in [5.41, 5.74) is 2.14. The first-order valence-corrected chi connectivity index (χ1v) is 16.9. The SMILES string of the molecule is CCCCCCCCCCCCCCCCCCCCCC(=O)Nc1cccc(C(=O)N(CC)c2ccccc2)c1. The van der Waals surface area contributed by atoms with Crippen LogP contribution in [0.15, 0.2) is 54.6 Å². The van der Waals surface area contributed by atoms with Crippen molar-refractivity contribution in [1.29, 1.82) is 0 Å². The Bertz CT molecular complexity index is 943. The van der Waals surface area contributed by atoms with Gasteiger partial charge in [-0.25, -0.2) is 0 Å². The van der Waals surface area contributed by atoms with Gasteiger partial charge in [0.25, 0.3) is 5.91 Å². The van der Waals surface area contributed by atoms with Crippen molar-refractivity contribution in [2.45, 2.75) is 142 Å². The topological polar surface area (TPSA) is 49.4 Å². The molecule has 0 radical (unpaired) electrons. The normalized spacial score (nSPS) is 11.0. The van der Waals surface area contributed by atoms with Gasteiger partial charge in [0.1, 0.15) is 0 Å². The summed E-state index contributed by atoms with van der Waals surface area (Å²) in [7, 11) is 0. The van der Waals surface area contributed by atoms with E-state index in [4.69, 9.17) is 0 Å². The molecule has 2 aromatic rings. The first-order chi connectivity index (χ1) is 20.2. The van der Waals surface area contributed by atoms with Gasteiger partial charge in [-0.1, -0.05) is 147 Å². The van der Waals surface area contributed by atoms with Gasteiger partial charge in [0, 0.05) is 29.9 Å². The zero-order valence-electron chi connectivity index (χ0n) is 26.3. The highest BCUT2D eigenvalue weighted by Crippen LogP contribution is 2.20. The third-order valence-corrected chi connectivity index (χ3v) is 8.03. The number of carbonyl (C=O) groups is 2. The Morgan fingerprint density at radius 2 is 1.07 bits per heavy atom. The lowest BCUT2D eigenvalue weighted by Crippen LogP contribution is -2.30. The molecule has 0 bridgehead atoms. The van der Waals surface area contributed by atoms with Crippen LogP contribution in [0, 0.1) is 0 Å². The van der Waals surface area contributed by atoms with Gasteiger partial charge in [0.2, 0.25) is 5.91 Å². The largest absolute Gasteiger partial charge is 0.326 e. The molecular weight excluding hydrogens is 504 g/mol. The molecule has 0 spiro atoms. The molecule has 0 fully saturated rings. The second kappa shape index (κ2) is 23.0. The highest BCUT2D eigenvalue weighted by molar-refractivity contribution is 6.07. The summed E-state index contributed by atoms with van der Waals surface area (Å²) >= 11 is 0. The third kappa shape index (κ3) is 15.8. The van der Waals surface area contributed by atoms with Crippen LogP contribution in [0.2, 0.25) is 0 Å². The van der Waals surface area contributed by atoms with Crippen molar-refractivity contribution < 1.29 is 9.59 Å². The van der Waals surface area contributed by atoms with Gasteiger partial charge >= 0.3 is 0 Å². The number of carbonyl (C=O) groups excluding carboxylic acids is 2. The van der Waals surface area contributed by atoms with E-state index >= 15 is 0 Å². The molecule has 41 heavy (non-hydrogen) atoms. The van der Waals surface area contributed by atoms with Gasteiger partial charge in [-0.05, 0) is 43.7 Å². The Morgan fingerprint density at radius 1 is 0.585 bits per heavy atom. The number of nitrogens with zero attached hydrogens (tertiary/aromatic N) is 1. The Labute approximate surface area is 251 Å². The van der Waals surface area contributed by atoms with Crippen LogP contribution in [0.1, 0.15) is 153 Å². The lowest BCUT2D eigenvalue weighted by molar-refractivity contribution is -0.116. The summed E-state index contributed by atoms with van der Waals surface area (Å²) in [6.45, 7) is 4.84. The number of amides is 2. The smallest absolute Gasteiger partial charge is 0.258 e. The van der Waals surface area contributed by atoms with Crippen LogP contribution in [-0.2, 0) is 4.79 Å². The van der Waals surface area contributed by atoms with Crippen molar-refractivity contribution in [2.24, 2.45) is 0 Å². The number of nitrogens with one attached hydrogen (secondary N) is 1. The number of unbranched alkanes of at least 4 members (excludes halogenated alkanes) is 18. The molecule has 2 aromatic carbocycles. The summed E-state index contributed by atoms with van der Waals surface area (Å²) in [6, 6.07) is 17.0. The lowest BCUT2D eigenvalue weighted by Gasteiger charge is -2.21. The van der Waals surface area contributed by atoms with Crippen molar-refractivity contribution in [1.82, 2.24) is 0 Å². The van der Waals surface area contributed by atoms with E-state index in [1.807, 2.05) is 55.5 Å². The van der Waals surface area contributed by atoms with Gasteiger partial charge in [-0.2, -0.15) is 0 Å². The number of benzene rings is 2. The molecule has 0 aliphatic carbocycles. The average molecular weight is 563 g/mol. The summed E-state index contributed by atoms with van der Waals surface area (Å²) < 4.78 is 0. The molecule has 228 valence electrons. The molecular formula is C37H58N2O2. The third-order valence-electron chi connectivity index (χ3n) is 8.03. The highest BCUT2D eigenvalue weighted by Gasteiger charge is 2.16. The van der Waals surface area contributed by atoms with Crippen molar-refractivity contribution in [3.63, 3.8) is 0 Å². The standard InChI is InChI=1S/C37H58N2O2/c1-3-5-6-7-8-9-10-11-12-13-14-15-16-17-18-19-20-21-25-31-36(40)38-34-28-26-27-33(32-34)37(41)39(4-2)35-29-23-22-24-30-35/h22-24,26-30,32H,3-21,25,31H2,1-2H3,(H,38,40). The summed E-state index contributed by atoms with van der Waals surface area (Å²) in [4.78, 5) is 27.3. The van der Waals surface area contributed by atoms with Crippen molar-refractivity contribution in [3.05, 3.63) is 60.2 Å². The molecule has 0 unspecified atom stereocenters. The van der Waals surface area contributed by atoms with Crippen LogP contribution >= 0.6 is 0 Å². The molecule has 0 atom stereocenters. The minimum absolute atomic E-state index is 0.0250. The number of para-hydroxylation sites is 1. The zero-order valence-corrected chi connectivity index (χ0v) is 26.3. The first-order valence-electron chi connectivity index (χ1n) is 16.9. The quantitative estimate of drug-likeness (QED) is 0.129. The number of anilines is 2. The van der Waals surface area contributed by atoms with Gasteiger partial charge in [0.05, 0.1) is 0 Å². The fourth-order valence-electron chi connectivity index (χ4n) is 5.52. The molecule has 0 aliphatic heterocycles. The average Bonchev–Trinajstić information content (AvgIpc) is 2.99. The van der Waals surface area contributed by atoms with E-state index in [-0.39, 0.29) is 11.8 Å². The maximum absolute atomic E-state index is 13.1. The Balaban J connectivity index is 1.46. The minimum atomic E-state index is -0.0615. The molecule has 0 saturated heterocycles. The predicted octanol–water partition coefficient (Wildman–Crippen LogP) is 11.1. The maximum Gasteiger partial charge on any atom is 0.258 e. The molecule has 4 heteroatoms. The zero-order chi connectivity index (χ0) is 29.4. The number of hydrogen-bond acceptors (Lipinski definition) is 2. The van der Waals surface area contributed by atoms with Crippen molar-refractivity contribution in [2.75, 3.05) is 16.8 Å². The predicted molar refractivity (Wildman–Crippen MR) is 177 cm³/mol. The minimum Gasteiger partial charge on any atom is -0.326 e. The Morgan fingerprint density at radius 3 is 1.56 bits per heavy atom. The van der Waals surface area contributed by atoms with Crippen LogP contribution in [0.3, 0.4) is 0 Å². The molecule has 0 aliphatic rings. The fourth-order valence-corrected chi connectivity index (χ4v) is 5.52. The van der Waals surface area contributed by atoms with Gasteiger partial charge in [-0.15, -0.1) is 0 Å².